The van der Waals surface area contributed by atoms with E-state index in [9.17, 15) is 8.42 Å². The van der Waals surface area contributed by atoms with Gasteiger partial charge < -0.3 is 4.57 Å². The van der Waals surface area contributed by atoms with Gasteiger partial charge in [0.15, 0.2) is 17.5 Å². The van der Waals surface area contributed by atoms with Gasteiger partial charge in [-0.1, -0.05) is 152 Å². The molecule has 0 amide bonds. The molecule has 0 radical (unpaired) electrons. The number of hydrogen-bond acceptors (Lipinski definition) is 5. The number of aromatic nitrogens is 4. The van der Waals surface area contributed by atoms with E-state index >= 15 is 0 Å². The predicted molar refractivity (Wildman–Crippen MR) is 232 cm³/mol. The van der Waals surface area contributed by atoms with Crippen LogP contribution in [0.1, 0.15) is 0 Å². The van der Waals surface area contributed by atoms with Crippen LogP contribution in [0.4, 0.5) is 0 Å². The Kier molecular flexibility index (Phi) is 7.77. The molecule has 0 saturated carbocycles. The fourth-order valence-electron chi connectivity index (χ4n) is 8.17. The Morgan fingerprint density at radius 2 is 0.776 bits per heavy atom. The van der Waals surface area contributed by atoms with E-state index in [1.807, 2.05) is 109 Å². The molecule has 1 aliphatic heterocycles. The van der Waals surface area contributed by atoms with Gasteiger partial charge in [0, 0.05) is 44.3 Å². The van der Waals surface area contributed by atoms with E-state index in [1.165, 1.54) is 0 Å². The minimum atomic E-state index is -3.87. The first-order chi connectivity index (χ1) is 28.5. The molecule has 274 valence electrons. The molecule has 2 aromatic heterocycles. The van der Waals surface area contributed by atoms with Crippen LogP contribution in [0, 0.1) is 0 Å². The Bertz CT molecular complexity index is 3330. The Balaban J connectivity index is 0.981. The summed E-state index contributed by atoms with van der Waals surface area (Å²) in [5.74, 6) is 1.41. The van der Waals surface area contributed by atoms with Crippen molar-refractivity contribution in [2.24, 2.45) is 0 Å². The van der Waals surface area contributed by atoms with Gasteiger partial charge >= 0.3 is 0 Å². The average molecular weight is 765 g/mol. The second-order valence-corrected chi connectivity index (χ2v) is 16.3. The van der Waals surface area contributed by atoms with Crippen LogP contribution in [0.25, 0.3) is 95.0 Å². The van der Waals surface area contributed by atoms with Crippen molar-refractivity contribution < 1.29 is 8.42 Å². The molecule has 58 heavy (non-hydrogen) atoms. The topological polar surface area (TPSA) is 77.7 Å². The Morgan fingerprint density at radius 3 is 1.45 bits per heavy atom. The highest BCUT2D eigenvalue weighted by Crippen LogP contribution is 2.46. The highest BCUT2D eigenvalue weighted by atomic mass is 32.2. The third kappa shape index (κ3) is 5.55. The second-order valence-electron chi connectivity index (χ2n) is 14.5. The summed E-state index contributed by atoms with van der Waals surface area (Å²) in [7, 11) is -3.87. The standard InChI is InChI=1S/C51H32N4O2S/c56-58(57)47-31-38(37-26-29-46-44(30-37)41-18-10-11-19-45(41)55(46)40-16-8-3-9-17-40)24-27-42(47)43-28-25-39(32-48(43)58)51-53-49(35-14-6-2-7-15-35)52-50(54-51)36-22-20-34(21-23-36)33-12-4-1-5-13-33/h1-32H. The highest BCUT2D eigenvalue weighted by molar-refractivity contribution is 7.92. The number of nitrogens with zero attached hydrogens (tertiary/aromatic N) is 4. The summed E-state index contributed by atoms with van der Waals surface area (Å²) in [6.07, 6.45) is 0. The van der Waals surface area contributed by atoms with Crippen LogP contribution in [0.5, 0.6) is 0 Å². The molecule has 0 aliphatic carbocycles. The molecule has 8 aromatic carbocycles. The summed E-state index contributed by atoms with van der Waals surface area (Å²) in [5, 5.41) is 2.24. The van der Waals surface area contributed by atoms with Gasteiger partial charge in [0.05, 0.1) is 20.8 Å². The minimum absolute atomic E-state index is 0.244. The summed E-state index contributed by atoms with van der Waals surface area (Å²) in [5.41, 5.74) is 10.9. The van der Waals surface area contributed by atoms with E-state index < -0.39 is 9.84 Å². The van der Waals surface area contributed by atoms with Crippen LogP contribution < -0.4 is 0 Å². The first kappa shape index (κ1) is 33.8. The monoisotopic (exact) mass is 764 g/mol. The van der Waals surface area contributed by atoms with Gasteiger partial charge in [-0.2, -0.15) is 0 Å². The number of fused-ring (bicyclic) bond motifs is 6. The fourth-order valence-corrected chi connectivity index (χ4v) is 9.91. The highest BCUT2D eigenvalue weighted by Gasteiger charge is 2.34. The molecule has 1 aliphatic rings. The number of para-hydroxylation sites is 2. The zero-order chi connectivity index (χ0) is 38.8. The van der Waals surface area contributed by atoms with Crippen molar-refractivity contribution >= 4 is 31.6 Å². The Labute approximate surface area is 335 Å². The predicted octanol–water partition coefficient (Wildman–Crippen LogP) is 12.1. The molecular formula is C51H32N4O2S. The van der Waals surface area contributed by atoms with Crippen LogP contribution in [0.2, 0.25) is 0 Å². The molecule has 11 rings (SSSR count). The van der Waals surface area contributed by atoms with E-state index in [0.717, 1.165) is 60.9 Å². The first-order valence-corrected chi connectivity index (χ1v) is 20.6. The van der Waals surface area contributed by atoms with Gasteiger partial charge in [0.2, 0.25) is 9.84 Å². The smallest absolute Gasteiger partial charge is 0.207 e. The van der Waals surface area contributed by atoms with Crippen molar-refractivity contribution in [3.63, 3.8) is 0 Å². The lowest BCUT2D eigenvalue weighted by atomic mass is 9.98. The van der Waals surface area contributed by atoms with Gasteiger partial charge in [-0.3, -0.25) is 0 Å². The van der Waals surface area contributed by atoms with Gasteiger partial charge in [0.1, 0.15) is 0 Å². The molecule has 0 spiro atoms. The lowest BCUT2D eigenvalue weighted by Gasteiger charge is -2.10. The largest absolute Gasteiger partial charge is 0.309 e. The Hall–Kier alpha value is -7.48. The molecule has 0 bridgehead atoms. The molecular weight excluding hydrogens is 733 g/mol. The lowest BCUT2D eigenvalue weighted by molar-refractivity contribution is 0.598. The molecule has 3 heterocycles. The number of sulfone groups is 1. The summed E-state index contributed by atoms with van der Waals surface area (Å²) in [6, 6.07) is 64.5. The summed E-state index contributed by atoms with van der Waals surface area (Å²) in [4.78, 5) is 15.2. The third-order valence-electron chi connectivity index (χ3n) is 11.0. The molecule has 0 fully saturated rings. The van der Waals surface area contributed by atoms with Crippen molar-refractivity contribution in [1.29, 1.82) is 0 Å². The number of rotatable bonds is 6. The summed E-state index contributed by atoms with van der Waals surface area (Å²) < 4.78 is 31.2. The minimum Gasteiger partial charge on any atom is -0.309 e. The molecule has 0 saturated heterocycles. The van der Waals surface area contributed by atoms with Crippen LogP contribution in [0.15, 0.2) is 204 Å². The van der Waals surface area contributed by atoms with Gasteiger partial charge in [-0.15, -0.1) is 0 Å². The average Bonchev–Trinajstić information content (AvgIpc) is 3.74. The van der Waals surface area contributed by atoms with Gasteiger partial charge in [-0.25, -0.2) is 23.4 Å². The first-order valence-electron chi connectivity index (χ1n) is 19.1. The van der Waals surface area contributed by atoms with Gasteiger partial charge in [0.25, 0.3) is 0 Å². The van der Waals surface area contributed by atoms with Crippen molar-refractivity contribution in [1.82, 2.24) is 19.5 Å². The zero-order valence-electron chi connectivity index (χ0n) is 31.0. The lowest BCUT2D eigenvalue weighted by Crippen LogP contribution is -2.01. The van der Waals surface area contributed by atoms with Crippen molar-refractivity contribution in [3.05, 3.63) is 194 Å². The zero-order valence-corrected chi connectivity index (χ0v) is 31.8. The molecule has 0 atom stereocenters. The van der Waals surface area contributed by atoms with E-state index in [-0.39, 0.29) is 4.90 Å². The quantitative estimate of drug-likeness (QED) is 0.168. The molecule has 7 heteroatoms. The van der Waals surface area contributed by atoms with Crippen LogP contribution >= 0.6 is 0 Å². The van der Waals surface area contributed by atoms with E-state index in [0.29, 0.717) is 39.1 Å². The van der Waals surface area contributed by atoms with Crippen molar-refractivity contribution in [2.45, 2.75) is 9.79 Å². The summed E-state index contributed by atoms with van der Waals surface area (Å²) >= 11 is 0. The van der Waals surface area contributed by atoms with Crippen molar-refractivity contribution in [2.75, 3.05) is 0 Å². The van der Waals surface area contributed by atoms with E-state index in [2.05, 4.69) is 83.4 Å². The SMILES string of the molecule is O=S1(=O)c2cc(-c3ccc4c(c3)c3ccccc3n4-c3ccccc3)ccc2-c2ccc(-c3nc(-c4ccccc4)nc(-c4ccc(-c5ccccc5)cc4)n3)cc21. The molecule has 0 N–H and O–H groups in total. The van der Waals surface area contributed by atoms with Gasteiger partial charge in [-0.05, 0) is 64.7 Å². The Morgan fingerprint density at radius 1 is 0.345 bits per heavy atom. The fraction of sp³-hybridized carbons (Fsp3) is 0. The van der Waals surface area contributed by atoms with Crippen molar-refractivity contribution in [3.8, 4) is 73.2 Å². The maximum absolute atomic E-state index is 14.5. The maximum atomic E-state index is 14.5. The molecule has 0 unspecified atom stereocenters. The van der Waals surface area contributed by atoms with E-state index in [1.54, 1.807) is 6.07 Å². The van der Waals surface area contributed by atoms with Crippen LogP contribution in [0.3, 0.4) is 0 Å². The number of hydrogen-bond donors (Lipinski definition) is 0. The van der Waals surface area contributed by atoms with Crippen LogP contribution in [-0.2, 0) is 9.84 Å². The third-order valence-corrected chi connectivity index (χ3v) is 12.9. The molecule has 6 nitrogen and oxygen atoms in total. The maximum Gasteiger partial charge on any atom is 0.207 e. The summed E-state index contributed by atoms with van der Waals surface area (Å²) in [6.45, 7) is 0. The van der Waals surface area contributed by atoms with E-state index in [4.69, 9.17) is 15.0 Å². The van der Waals surface area contributed by atoms with Crippen LogP contribution in [-0.4, -0.2) is 27.9 Å². The number of benzene rings is 8. The second kappa shape index (κ2) is 13.3. The normalized spacial score (nSPS) is 12.8. The molecule has 10 aromatic rings.